The average molecular weight is 302 g/mol. The molecule has 3 N–H and O–H groups in total. The first-order valence-electron chi connectivity index (χ1n) is 5.51. The molecule has 0 atom stereocenters. The van der Waals surface area contributed by atoms with Crippen molar-refractivity contribution in [2.75, 3.05) is 5.73 Å². The van der Waals surface area contributed by atoms with Crippen LogP contribution in [0, 0.1) is 11.6 Å². The van der Waals surface area contributed by atoms with Crippen LogP contribution in [0.4, 0.5) is 14.5 Å². The zero-order chi connectivity index (χ0) is 14.9. The second-order valence-corrected chi connectivity index (χ2v) is 5.89. The predicted molar refractivity (Wildman–Crippen MR) is 68.0 cm³/mol. The third-order valence-electron chi connectivity index (χ3n) is 2.57. The molecule has 0 saturated carbocycles. The van der Waals surface area contributed by atoms with Gasteiger partial charge in [-0.05, 0) is 6.07 Å². The number of nitrogen functional groups attached to an aromatic ring is 1. The Balaban J connectivity index is 2.24. The Morgan fingerprint density at radius 3 is 2.65 bits per heavy atom. The van der Waals surface area contributed by atoms with Crippen molar-refractivity contribution in [1.82, 2.24) is 14.5 Å². The summed E-state index contributed by atoms with van der Waals surface area (Å²) in [4.78, 5) is -0.694. The van der Waals surface area contributed by atoms with Gasteiger partial charge >= 0.3 is 0 Å². The van der Waals surface area contributed by atoms with E-state index in [-0.39, 0.29) is 6.54 Å². The van der Waals surface area contributed by atoms with Crippen LogP contribution in [0.3, 0.4) is 0 Å². The number of nitrogens with zero attached hydrogens (tertiary/aromatic N) is 2. The van der Waals surface area contributed by atoms with Crippen LogP contribution in [-0.4, -0.2) is 18.2 Å². The third kappa shape index (κ3) is 2.94. The van der Waals surface area contributed by atoms with Crippen LogP contribution < -0.4 is 10.5 Å². The minimum absolute atomic E-state index is 0.0626. The molecule has 108 valence electrons. The summed E-state index contributed by atoms with van der Waals surface area (Å²) in [5.41, 5.74) is 5.42. The van der Waals surface area contributed by atoms with Crippen LogP contribution >= 0.6 is 0 Å². The molecule has 6 nitrogen and oxygen atoms in total. The molecule has 0 unspecified atom stereocenters. The molecule has 9 heteroatoms. The van der Waals surface area contributed by atoms with Gasteiger partial charge in [-0.1, -0.05) is 0 Å². The van der Waals surface area contributed by atoms with E-state index in [0.717, 1.165) is 6.07 Å². The van der Waals surface area contributed by atoms with Gasteiger partial charge in [-0.3, -0.25) is 4.68 Å². The van der Waals surface area contributed by atoms with E-state index >= 15 is 0 Å². The highest BCUT2D eigenvalue weighted by Crippen LogP contribution is 2.20. The zero-order valence-corrected chi connectivity index (χ0v) is 11.3. The van der Waals surface area contributed by atoms with Crippen molar-refractivity contribution in [3.8, 4) is 0 Å². The third-order valence-corrected chi connectivity index (χ3v) is 3.98. The van der Waals surface area contributed by atoms with E-state index in [4.69, 9.17) is 5.73 Å². The molecule has 0 bridgehead atoms. The number of nitrogens with two attached hydrogens (primary N) is 1. The standard InChI is InChI=1S/C11H12F2N4O2S/c1-17-6-7(4-15-17)5-16-20(18,19)11-3-10(14)8(12)2-9(11)13/h2-4,6,16H,5,14H2,1H3. The van der Waals surface area contributed by atoms with Crippen molar-refractivity contribution in [2.24, 2.45) is 7.05 Å². The van der Waals surface area contributed by atoms with Gasteiger partial charge in [0.1, 0.15) is 16.5 Å². The van der Waals surface area contributed by atoms with Gasteiger partial charge in [0.05, 0.1) is 11.9 Å². The SMILES string of the molecule is Cn1cc(CNS(=O)(=O)c2cc(N)c(F)cc2F)cn1. The Morgan fingerprint density at radius 1 is 1.35 bits per heavy atom. The highest BCUT2D eigenvalue weighted by atomic mass is 32.2. The molecule has 0 aliphatic rings. The average Bonchev–Trinajstić information content (AvgIpc) is 2.77. The monoisotopic (exact) mass is 302 g/mol. The molecule has 0 aliphatic heterocycles. The molecule has 1 heterocycles. The second-order valence-electron chi connectivity index (χ2n) is 4.15. The van der Waals surface area contributed by atoms with Crippen molar-refractivity contribution in [3.05, 3.63) is 41.7 Å². The summed E-state index contributed by atoms with van der Waals surface area (Å²) in [7, 11) is -2.45. The number of nitrogens with one attached hydrogen (secondary N) is 1. The van der Waals surface area contributed by atoms with Gasteiger partial charge in [-0.15, -0.1) is 0 Å². The summed E-state index contributed by atoms with van der Waals surface area (Å²) in [5, 5.41) is 3.87. The first-order valence-corrected chi connectivity index (χ1v) is 6.99. The number of aryl methyl sites for hydroxylation is 1. The summed E-state index contributed by atoms with van der Waals surface area (Å²) in [6.45, 7) is -0.0626. The molecule has 0 saturated heterocycles. The first kappa shape index (κ1) is 14.4. The normalized spacial score (nSPS) is 11.8. The lowest BCUT2D eigenvalue weighted by Crippen LogP contribution is -2.24. The number of sulfonamides is 1. The van der Waals surface area contributed by atoms with Crippen LogP contribution in [-0.2, 0) is 23.6 Å². The number of aromatic nitrogens is 2. The van der Waals surface area contributed by atoms with Crippen LogP contribution in [0.25, 0.3) is 0 Å². The molecular formula is C11H12F2N4O2S. The van der Waals surface area contributed by atoms with Gasteiger partial charge in [-0.2, -0.15) is 5.10 Å². The summed E-state index contributed by atoms with van der Waals surface area (Å²) in [6.07, 6.45) is 3.08. The lowest BCUT2D eigenvalue weighted by molar-refractivity contribution is 0.544. The topological polar surface area (TPSA) is 90.0 Å². The minimum Gasteiger partial charge on any atom is -0.396 e. The van der Waals surface area contributed by atoms with Gasteiger partial charge in [0.2, 0.25) is 10.0 Å². The molecular weight excluding hydrogens is 290 g/mol. The van der Waals surface area contributed by atoms with Crippen molar-refractivity contribution in [2.45, 2.75) is 11.4 Å². The molecule has 0 radical (unpaired) electrons. The van der Waals surface area contributed by atoms with Gasteiger partial charge in [0.15, 0.2) is 0 Å². The summed E-state index contributed by atoms with van der Waals surface area (Å²) < 4.78 is 54.1. The van der Waals surface area contributed by atoms with E-state index in [1.807, 2.05) is 0 Å². The lowest BCUT2D eigenvalue weighted by Gasteiger charge is -2.08. The van der Waals surface area contributed by atoms with Crippen molar-refractivity contribution < 1.29 is 17.2 Å². The summed E-state index contributed by atoms with van der Waals surface area (Å²) >= 11 is 0. The van der Waals surface area contributed by atoms with Crippen molar-refractivity contribution >= 4 is 15.7 Å². The van der Waals surface area contributed by atoms with E-state index in [9.17, 15) is 17.2 Å². The van der Waals surface area contributed by atoms with Gasteiger partial charge in [0.25, 0.3) is 0 Å². The van der Waals surface area contributed by atoms with Crippen LogP contribution in [0.5, 0.6) is 0 Å². The maximum absolute atomic E-state index is 13.5. The molecule has 1 aromatic carbocycles. The molecule has 1 aromatic heterocycles. The Hall–Kier alpha value is -2.00. The summed E-state index contributed by atoms with van der Waals surface area (Å²) in [5.74, 6) is -2.20. The van der Waals surface area contributed by atoms with Crippen LogP contribution in [0.2, 0.25) is 0 Å². The fourth-order valence-corrected chi connectivity index (χ4v) is 2.68. The fourth-order valence-electron chi connectivity index (χ4n) is 1.57. The summed E-state index contributed by atoms with van der Waals surface area (Å²) in [6, 6.07) is 1.18. The number of benzene rings is 1. The van der Waals surface area contributed by atoms with E-state index in [1.54, 1.807) is 13.2 Å². The zero-order valence-electron chi connectivity index (χ0n) is 10.5. The molecule has 2 rings (SSSR count). The van der Waals surface area contributed by atoms with Gasteiger partial charge < -0.3 is 5.73 Å². The number of anilines is 1. The number of hydrogen-bond acceptors (Lipinski definition) is 4. The first-order chi connectivity index (χ1) is 9.29. The largest absolute Gasteiger partial charge is 0.396 e. The Labute approximate surface area is 114 Å². The van der Waals surface area contributed by atoms with Crippen molar-refractivity contribution in [3.63, 3.8) is 0 Å². The molecule has 20 heavy (non-hydrogen) atoms. The van der Waals surface area contributed by atoms with Gasteiger partial charge in [0, 0.05) is 31.4 Å². The molecule has 0 aliphatic carbocycles. The fraction of sp³-hybridized carbons (Fsp3) is 0.182. The van der Waals surface area contributed by atoms with E-state index in [1.165, 1.54) is 10.9 Å². The smallest absolute Gasteiger partial charge is 0.243 e. The second kappa shape index (κ2) is 5.17. The van der Waals surface area contributed by atoms with E-state index in [2.05, 4.69) is 9.82 Å². The van der Waals surface area contributed by atoms with E-state index in [0.29, 0.717) is 11.6 Å². The van der Waals surface area contributed by atoms with Crippen LogP contribution in [0.15, 0.2) is 29.4 Å². The maximum atomic E-state index is 13.5. The number of halogens is 2. The molecule has 0 fully saturated rings. The molecule has 0 spiro atoms. The Morgan fingerprint density at radius 2 is 2.05 bits per heavy atom. The Kier molecular flexibility index (Phi) is 3.73. The van der Waals surface area contributed by atoms with Gasteiger partial charge in [-0.25, -0.2) is 21.9 Å². The highest BCUT2D eigenvalue weighted by molar-refractivity contribution is 7.89. The van der Waals surface area contributed by atoms with Crippen molar-refractivity contribution in [1.29, 1.82) is 0 Å². The molecule has 2 aromatic rings. The van der Waals surface area contributed by atoms with E-state index < -0.39 is 32.2 Å². The minimum atomic E-state index is -4.13. The number of hydrogen-bond donors (Lipinski definition) is 2. The van der Waals surface area contributed by atoms with Crippen LogP contribution in [0.1, 0.15) is 5.56 Å². The predicted octanol–water partition coefficient (Wildman–Crippen LogP) is 0.759. The maximum Gasteiger partial charge on any atom is 0.243 e. The highest BCUT2D eigenvalue weighted by Gasteiger charge is 2.21. The number of rotatable bonds is 4. The lowest BCUT2D eigenvalue weighted by atomic mass is 10.3. The quantitative estimate of drug-likeness (QED) is 0.816. The molecule has 0 amide bonds. The Bertz CT molecular complexity index is 743.